The molecule has 12 heavy (non-hydrogen) atoms. The number of carbonyl (C=O) groups excluding carboxylic acids is 2. The van der Waals surface area contributed by atoms with E-state index in [1.54, 1.807) is 12.1 Å². The fraction of sp³-hybridized carbons (Fsp3) is 0.222. The van der Waals surface area contributed by atoms with Gasteiger partial charge >= 0.3 is 6.15 Å². The van der Waals surface area contributed by atoms with Gasteiger partial charge in [-0.15, -0.1) is 0 Å². The van der Waals surface area contributed by atoms with Crippen LogP contribution in [0, 0.1) is 13.8 Å². The molecular weight excluding hydrogens is 156 g/mol. The van der Waals surface area contributed by atoms with Crippen LogP contribution in [-0.4, -0.2) is 11.3 Å². The van der Waals surface area contributed by atoms with Crippen molar-refractivity contribution < 1.29 is 14.7 Å². The summed E-state index contributed by atoms with van der Waals surface area (Å²) < 4.78 is 0. The highest BCUT2D eigenvalue weighted by Gasteiger charge is 1.90. The first-order valence-corrected chi connectivity index (χ1v) is 3.37. The minimum Gasteiger partial charge on any atom is -0.508 e. The number of hydrogen-bond donors (Lipinski definition) is 1. The van der Waals surface area contributed by atoms with Gasteiger partial charge in [0.1, 0.15) is 5.75 Å². The summed E-state index contributed by atoms with van der Waals surface area (Å²) in [5.74, 6) is 0.345. The van der Waals surface area contributed by atoms with Crippen molar-refractivity contribution in [2.75, 3.05) is 0 Å². The first-order chi connectivity index (χ1) is 5.61. The van der Waals surface area contributed by atoms with E-state index in [1.165, 1.54) is 5.56 Å². The van der Waals surface area contributed by atoms with Gasteiger partial charge < -0.3 is 5.11 Å². The molecule has 1 aromatic rings. The first-order valence-electron chi connectivity index (χ1n) is 3.37. The molecule has 0 unspecified atom stereocenters. The smallest absolute Gasteiger partial charge is 0.373 e. The number of rotatable bonds is 0. The molecule has 1 N–H and O–H groups in total. The molecule has 0 spiro atoms. The standard InChI is InChI=1S/C8H10O.CO2/c1-6-3-4-8(9)5-7(6)2;2-1-3/h3-5,9H,1-2H3;. The normalized spacial score (nSPS) is 7.83. The summed E-state index contributed by atoms with van der Waals surface area (Å²) in [4.78, 5) is 16.2. The van der Waals surface area contributed by atoms with E-state index in [0.717, 1.165) is 5.56 Å². The third kappa shape index (κ3) is 3.54. The zero-order chi connectivity index (χ0) is 9.56. The van der Waals surface area contributed by atoms with E-state index in [2.05, 4.69) is 0 Å². The zero-order valence-corrected chi connectivity index (χ0v) is 7.00. The summed E-state index contributed by atoms with van der Waals surface area (Å²) in [6, 6.07) is 5.36. The lowest BCUT2D eigenvalue weighted by molar-refractivity contribution is -0.191. The highest BCUT2D eigenvalue weighted by atomic mass is 16.3. The van der Waals surface area contributed by atoms with Crippen molar-refractivity contribution in [2.45, 2.75) is 13.8 Å². The third-order valence-electron chi connectivity index (χ3n) is 1.49. The number of phenols is 1. The summed E-state index contributed by atoms with van der Waals surface area (Å²) in [7, 11) is 0. The molecule has 0 saturated heterocycles. The lowest BCUT2D eigenvalue weighted by atomic mass is 10.1. The van der Waals surface area contributed by atoms with Crippen molar-refractivity contribution in [3.05, 3.63) is 29.3 Å². The van der Waals surface area contributed by atoms with E-state index in [1.807, 2.05) is 19.9 Å². The van der Waals surface area contributed by atoms with E-state index in [0.29, 0.717) is 5.75 Å². The molecule has 1 aromatic carbocycles. The molecule has 0 atom stereocenters. The van der Waals surface area contributed by atoms with E-state index in [4.69, 9.17) is 14.7 Å². The van der Waals surface area contributed by atoms with Crippen LogP contribution in [0.4, 0.5) is 0 Å². The van der Waals surface area contributed by atoms with Gasteiger partial charge in [-0.3, -0.25) is 0 Å². The second kappa shape index (κ2) is 5.10. The minimum absolute atomic E-state index is 0.250. The lowest BCUT2D eigenvalue weighted by Crippen LogP contribution is -1.76. The molecule has 0 aliphatic heterocycles. The van der Waals surface area contributed by atoms with Gasteiger partial charge in [-0.05, 0) is 37.1 Å². The molecule has 3 heteroatoms. The van der Waals surface area contributed by atoms with Gasteiger partial charge in [0.05, 0.1) is 0 Å². The van der Waals surface area contributed by atoms with Gasteiger partial charge in [-0.2, -0.15) is 9.59 Å². The highest BCUT2D eigenvalue weighted by molar-refractivity contribution is 5.32. The van der Waals surface area contributed by atoms with Crippen LogP contribution in [0.25, 0.3) is 0 Å². The molecule has 0 aliphatic carbocycles. The van der Waals surface area contributed by atoms with E-state index < -0.39 is 0 Å². The summed E-state index contributed by atoms with van der Waals surface area (Å²) in [6.45, 7) is 4.00. The maximum atomic E-state index is 8.94. The van der Waals surface area contributed by atoms with Crippen molar-refractivity contribution >= 4 is 6.15 Å². The van der Waals surface area contributed by atoms with Gasteiger partial charge in [0.15, 0.2) is 0 Å². The van der Waals surface area contributed by atoms with E-state index in [-0.39, 0.29) is 6.15 Å². The van der Waals surface area contributed by atoms with Crippen LogP contribution in [0.15, 0.2) is 18.2 Å². The lowest BCUT2D eigenvalue weighted by Gasteiger charge is -1.97. The maximum absolute atomic E-state index is 8.94. The Balaban J connectivity index is 0.000000354. The van der Waals surface area contributed by atoms with Crippen molar-refractivity contribution in [1.29, 1.82) is 0 Å². The number of phenolic OH excluding ortho intramolecular Hbond substituents is 1. The summed E-state index contributed by atoms with van der Waals surface area (Å²) in [6.07, 6.45) is 0.250. The van der Waals surface area contributed by atoms with Crippen molar-refractivity contribution in [3.8, 4) is 5.75 Å². The quantitative estimate of drug-likeness (QED) is 0.634. The monoisotopic (exact) mass is 166 g/mol. The van der Waals surface area contributed by atoms with E-state index >= 15 is 0 Å². The molecule has 0 radical (unpaired) electrons. The van der Waals surface area contributed by atoms with Crippen LogP contribution in [0.3, 0.4) is 0 Å². The zero-order valence-electron chi connectivity index (χ0n) is 7.00. The van der Waals surface area contributed by atoms with Crippen LogP contribution < -0.4 is 0 Å². The molecule has 0 aliphatic rings. The third-order valence-corrected chi connectivity index (χ3v) is 1.49. The number of aromatic hydroxyl groups is 1. The molecule has 64 valence electrons. The Morgan fingerprint density at radius 1 is 1.17 bits per heavy atom. The topological polar surface area (TPSA) is 54.4 Å². The molecule has 0 saturated carbocycles. The fourth-order valence-corrected chi connectivity index (χ4v) is 0.726. The molecule has 0 fully saturated rings. The molecule has 0 bridgehead atoms. The minimum atomic E-state index is 0.250. The Kier molecular flexibility index (Phi) is 4.42. The highest BCUT2D eigenvalue weighted by Crippen LogP contribution is 2.13. The van der Waals surface area contributed by atoms with E-state index in [9.17, 15) is 0 Å². The SMILES string of the molecule is Cc1ccc(O)cc1C.O=C=O. The number of aryl methyl sites for hydroxylation is 2. The largest absolute Gasteiger partial charge is 0.508 e. The summed E-state index contributed by atoms with van der Waals surface area (Å²) >= 11 is 0. The van der Waals surface area contributed by atoms with Crippen LogP contribution in [0.5, 0.6) is 5.75 Å². The van der Waals surface area contributed by atoms with Gasteiger partial charge in [0.25, 0.3) is 0 Å². The second-order valence-corrected chi connectivity index (χ2v) is 2.35. The van der Waals surface area contributed by atoms with Crippen LogP contribution in [0.2, 0.25) is 0 Å². The van der Waals surface area contributed by atoms with Gasteiger partial charge in [0, 0.05) is 0 Å². The van der Waals surface area contributed by atoms with Gasteiger partial charge in [-0.25, -0.2) is 0 Å². The van der Waals surface area contributed by atoms with Crippen molar-refractivity contribution in [2.24, 2.45) is 0 Å². The first kappa shape index (κ1) is 10.4. The average molecular weight is 166 g/mol. The molecular formula is C9H10O3. The van der Waals surface area contributed by atoms with Crippen molar-refractivity contribution in [1.82, 2.24) is 0 Å². The number of hydrogen-bond acceptors (Lipinski definition) is 3. The van der Waals surface area contributed by atoms with Crippen molar-refractivity contribution in [3.63, 3.8) is 0 Å². The van der Waals surface area contributed by atoms with Crippen LogP contribution in [-0.2, 0) is 9.59 Å². The summed E-state index contributed by atoms with van der Waals surface area (Å²) in [5, 5.41) is 8.94. The Morgan fingerprint density at radius 3 is 2.00 bits per heavy atom. The Hall–Kier alpha value is -1.60. The summed E-state index contributed by atoms with van der Waals surface area (Å²) in [5.41, 5.74) is 2.35. The Bertz CT molecular complexity index is 286. The molecule has 0 aromatic heterocycles. The molecule has 0 amide bonds. The number of benzene rings is 1. The van der Waals surface area contributed by atoms with Crippen LogP contribution >= 0.6 is 0 Å². The second-order valence-electron chi connectivity index (χ2n) is 2.35. The Labute approximate surface area is 70.6 Å². The average Bonchev–Trinajstić information content (AvgIpc) is 1.99. The van der Waals surface area contributed by atoms with Crippen LogP contribution in [0.1, 0.15) is 11.1 Å². The van der Waals surface area contributed by atoms with Gasteiger partial charge in [-0.1, -0.05) is 6.07 Å². The molecule has 1 rings (SSSR count). The molecule has 3 nitrogen and oxygen atoms in total. The predicted octanol–water partition coefficient (Wildman–Crippen LogP) is 1.43. The predicted molar refractivity (Wildman–Crippen MR) is 42.6 cm³/mol. The molecule has 0 heterocycles. The fourth-order valence-electron chi connectivity index (χ4n) is 0.726. The Morgan fingerprint density at radius 2 is 1.67 bits per heavy atom. The maximum Gasteiger partial charge on any atom is 0.373 e. The van der Waals surface area contributed by atoms with Gasteiger partial charge in [0.2, 0.25) is 0 Å².